The lowest BCUT2D eigenvalue weighted by Crippen LogP contribution is -2.53. The van der Waals surface area contributed by atoms with Crippen LogP contribution in [0.3, 0.4) is 0 Å². The monoisotopic (exact) mass is 611 g/mol. The molecule has 2 aromatic rings. The average molecular weight is 612 g/mol. The molecule has 1 saturated heterocycles. The Morgan fingerprint density at radius 3 is 2.16 bits per heavy atom. The first-order chi connectivity index (χ1) is 20.2. The van der Waals surface area contributed by atoms with Crippen LogP contribution in [0.2, 0.25) is 0 Å². The van der Waals surface area contributed by atoms with Gasteiger partial charge < -0.3 is 15.2 Å². The third kappa shape index (κ3) is 6.61. The minimum absolute atomic E-state index is 0.0183. The van der Waals surface area contributed by atoms with Gasteiger partial charge >= 0.3 is 12.4 Å². The molecule has 43 heavy (non-hydrogen) atoms. The summed E-state index contributed by atoms with van der Waals surface area (Å²) in [4.78, 5) is 0. The summed E-state index contributed by atoms with van der Waals surface area (Å²) in [5.41, 5.74) is -4.80. The van der Waals surface area contributed by atoms with Crippen molar-refractivity contribution in [3.8, 4) is 0 Å². The van der Waals surface area contributed by atoms with Gasteiger partial charge in [0.2, 0.25) is 0 Å². The van der Waals surface area contributed by atoms with Crippen molar-refractivity contribution in [1.29, 1.82) is 0 Å². The van der Waals surface area contributed by atoms with Crippen LogP contribution in [0.25, 0.3) is 0 Å². The normalized spacial score (nSPS) is 22.8. The fourth-order valence-electron chi connectivity index (χ4n) is 6.26. The number of nitrogens with one attached hydrogen (secondary N) is 1. The average Bonchev–Trinajstić information content (AvgIpc) is 3.66. The van der Waals surface area contributed by atoms with Crippen molar-refractivity contribution < 1.29 is 40.6 Å². The zero-order valence-electron chi connectivity index (χ0n) is 23.9. The van der Waals surface area contributed by atoms with Crippen molar-refractivity contribution in [3.05, 3.63) is 107 Å². The zero-order chi connectivity index (χ0) is 31.5. The van der Waals surface area contributed by atoms with Crippen molar-refractivity contribution in [2.24, 2.45) is 11.3 Å². The molecule has 234 valence electrons. The van der Waals surface area contributed by atoms with Crippen LogP contribution in [-0.2, 0) is 16.9 Å². The summed E-state index contributed by atoms with van der Waals surface area (Å²) in [6.07, 6.45) is -5.18. The third-order valence-corrected chi connectivity index (χ3v) is 8.77. The molecule has 1 heterocycles. The molecule has 0 amide bonds. The van der Waals surface area contributed by atoms with Crippen LogP contribution >= 0.6 is 0 Å². The molecule has 2 aliphatic rings. The fourth-order valence-corrected chi connectivity index (χ4v) is 6.26. The lowest BCUT2D eigenvalue weighted by molar-refractivity contribution is -0.376. The molecule has 2 N–H and O–H groups in total. The first-order valence-electron chi connectivity index (χ1n) is 14.3. The maximum absolute atomic E-state index is 15.2. The molecule has 0 spiro atoms. The summed E-state index contributed by atoms with van der Waals surface area (Å²) < 4.78 is 102. The number of hydrogen-bond acceptors (Lipinski definition) is 3. The molecule has 1 aliphatic heterocycles. The van der Waals surface area contributed by atoms with Crippen LogP contribution in [0, 0.1) is 11.3 Å². The van der Waals surface area contributed by atoms with E-state index < -0.39 is 34.8 Å². The van der Waals surface area contributed by atoms with Crippen LogP contribution in [0.5, 0.6) is 0 Å². The molecule has 0 aromatic heterocycles. The molecule has 2 atom stereocenters. The second-order valence-electron chi connectivity index (χ2n) is 11.4. The zero-order valence-corrected chi connectivity index (χ0v) is 23.9. The Bertz CT molecular complexity index is 1300. The maximum Gasteiger partial charge on any atom is 0.430 e. The summed E-state index contributed by atoms with van der Waals surface area (Å²) in [5.74, 6) is -0.812. The van der Waals surface area contributed by atoms with Gasteiger partial charge in [0.05, 0.1) is 13.2 Å². The first-order valence-corrected chi connectivity index (χ1v) is 14.3. The molecule has 3 nitrogen and oxygen atoms in total. The van der Waals surface area contributed by atoms with E-state index in [0.717, 1.165) is 31.2 Å². The van der Waals surface area contributed by atoms with E-state index in [2.05, 4.69) is 11.9 Å². The van der Waals surface area contributed by atoms with Gasteiger partial charge in [0.25, 0.3) is 5.60 Å². The number of benzene rings is 2. The van der Waals surface area contributed by atoms with E-state index in [-0.39, 0.29) is 25.0 Å². The largest absolute Gasteiger partial charge is 0.430 e. The molecule has 0 unspecified atom stereocenters. The lowest BCUT2D eigenvalue weighted by Gasteiger charge is -2.37. The van der Waals surface area contributed by atoms with E-state index in [1.54, 1.807) is 13.0 Å². The second-order valence-corrected chi connectivity index (χ2v) is 11.4. The van der Waals surface area contributed by atoms with Gasteiger partial charge in [-0.1, -0.05) is 86.2 Å². The highest BCUT2D eigenvalue weighted by Crippen LogP contribution is 2.51. The molecule has 1 aliphatic carbocycles. The molecular weight excluding hydrogens is 575 g/mol. The molecule has 10 heteroatoms. The first kappa shape index (κ1) is 33.0. The van der Waals surface area contributed by atoms with Gasteiger partial charge in [-0.3, -0.25) is 0 Å². The predicted octanol–water partition coefficient (Wildman–Crippen LogP) is 8.43. The number of halogens is 7. The Labute approximate surface area is 247 Å². The lowest BCUT2D eigenvalue weighted by atomic mass is 9.69. The smallest absolute Gasteiger partial charge is 0.376 e. The Morgan fingerprint density at radius 1 is 1.00 bits per heavy atom. The Balaban J connectivity index is 1.73. The number of rotatable bonds is 10. The van der Waals surface area contributed by atoms with Crippen LogP contribution < -0.4 is 5.32 Å². The van der Waals surface area contributed by atoms with Gasteiger partial charge in [-0.25, -0.2) is 4.39 Å². The van der Waals surface area contributed by atoms with Crippen LogP contribution in [0.4, 0.5) is 30.7 Å². The highest BCUT2D eigenvalue weighted by molar-refractivity contribution is 5.43. The quantitative estimate of drug-likeness (QED) is 0.209. The van der Waals surface area contributed by atoms with E-state index in [9.17, 15) is 31.4 Å². The topological polar surface area (TPSA) is 41.5 Å². The number of alkyl halides is 6. The van der Waals surface area contributed by atoms with Crippen LogP contribution in [0.15, 0.2) is 90.3 Å². The minimum Gasteiger partial charge on any atom is -0.376 e. The standard InChI is InChI=1S/C33H36F7NO2/c1-3-29(34)27(24-11-7-8-12-24)17-22(2)30(21-43-19-23-9-5-4-6-10-23)20-41-18-28(30)25-13-15-26(16-14-25)31(42,32(35,36)37)33(38,39)40/h3-6,9-10,13-17,24,28,41-42H,2,7-8,11-12,18-21H2,1H3/b27-17-,29-3+/t28-,30-/m0/s1. The Morgan fingerprint density at radius 2 is 1.60 bits per heavy atom. The summed E-state index contributed by atoms with van der Waals surface area (Å²) in [5, 5.41) is 13.1. The summed E-state index contributed by atoms with van der Waals surface area (Å²) in [6, 6.07) is 13.1. The molecular formula is C33H36F7NO2. The van der Waals surface area contributed by atoms with Gasteiger partial charge in [-0.15, -0.1) is 0 Å². The van der Waals surface area contributed by atoms with E-state index in [0.29, 0.717) is 41.9 Å². The number of ether oxygens (including phenoxy) is 1. The van der Waals surface area contributed by atoms with E-state index in [1.807, 2.05) is 30.3 Å². The van der Waals surface area contributed by atoms with Gasteiger partial charge in [-0.2, -0.15) is 26.3 Å². The second kappa shape index (κ2) is 13.0. The molecule has 0 bridgehead atoms. The van der Waals surface area contributed by atoms with Crippen molar-refractivity contribution in [2.75, 3.05) is 19.7 Å². The van der Waals surface area contributed by atoms with Crippen molar-refractivity contribution >= 4 is 0 Å². The summed E-state index contributed by atoms with van der Waals surface area (Å²) in [7, 11) is 0. The fraction of sp³-hybridized carbons (Fsp3) is 0.455. The van der Waals surface area contributed by atoms with Crippen LogP contribution in [0.1, 0.15) is 55.2 Å². The summed E-state index contributed by atoms with van der Waals surface area (Å²) >= 11 is 0. The van der Waals surface area contributed by atoms with Crippen molar-refractivity contribution in [1.82, 2.24) is 5.32 Å². The molecule has 2 fully saturated rings. The predicted molar refractivity (Wildman–Crippen MR) is 151 cm³/mol. The minimum atomic E-state index is -5.98. The maximum atomic E-state index is 15.2. The summed E-state index contributed by atoms with van der Waals surface area (Å²) in [6.45, 7) is 6.99. The number of allylic oxidation sites excluding steroid dienone is 4. The Hall–Kier alpha value is -2.95. The number of hydrogen-bond donors (Lipinski definition) is 2. The molecule has 0 radical (unpaired) electrons. The number of aliphatic hydroxyl groups is 1. The SMILES string of the molecule is C=C(/C=C(\C(F)=C/C)C1CCCC1)[C@@]1(COCc2ccccc2)CNC[C@H]1c1ccc(C(O)(C(F)(F)F)C(F)(F)F)cc1. The van der Waals surface area contributed by atoms with E-state index in [1.165, 1.54) is 18.2 Å². The highest BCUT2D eigenvalue weighted by Gasteiger charge is 2.71. The van der Waals surface area contributed by atoms with Gasteiger partial charge in [0.1, 0.15) is 5.83 Å². The van der Waals surface area contributed by atoms with E-state index >= 15 is 4.39 Å². The van der Waals surface area contributed by atoms with Crippen LogP contribution in [-0.4, -0.2) is 37.2 Å². The molecule has 1 saturated carbocycles. The highest BCUT2D eigenvalue weighted by atomic mass is 19.4. The molecule has 2 aromatic carbocycles. The van der Waals surface area contributed by atoms with Gasteiger partial charge in [-0.05, 0) is 48.0 Å². The van der Waals surface area contributed by atoms with Crippen molar-refractivity contribution in [3.63, 3.8) is 0 Å². The Kier molecular flexibility index (Phi) is 9.93. The van der Waals surface area contributed by atoms with Gasteiger partial charge in [0, 0.05) is 30.0 Å². The van der Waals surface area contributed by atoms with Crippen molar-refractivity contribution in [2.45, 2.75) is 63.1 Å². The third-order valence-electron chi connectivity index (χ3n) is 8.77. The van der Waals surface area contributed by atoms with Gasteiger partial charge in [0.15, 0.2) is 0 Å². The molecule has 4 rings (SSSR count). The van der Waals surface area contributed by atoms with E-state index in [4.69, 9.17) is 4.74 Å².